The molecule has 4 rings (SSSR count). The molecule has 0 N–H and O–H groups in total. The lowest BCUT2D eigenvalue weighted by atomic mass is 10.2. The molecule has 1 saturated heterocycles. The van der Waals surface area contributed by atoms with E-state index >= 15 is 0 Å². The first-order valence-electron chi connectivity index (χ1n) is 12.7. The summed E-state index contributed by atoms with van der Waals surface area (Å²) in [5.41, 5.74) is 1.60. The summed E-state index contributed by atoms with van der Waals surface area (Å²) in [5.74, 6) is 1.50. The highest BCUT2D eigenvalue weighted by Crippen LogP contribution is 2.29. The molecule has 2 fully saturated rings. The van der Waals surface area contributed by atoms with Gasteiger partial charge in [-0.05, 0) is 43.4 Å². The minimum Gasteiger partial charge on any atom is -0.379 e. The van der Waals surface area contributed by atoms with E-state index in [1.54, 1.807) is 12.1 Å². The van der Waals surface area contributed by atoms with Crippen molar-refractivity contribution in [2.75, 3.05) is 32.8 Å². The van der Waals surface area contributed by atoms with Crippen molar-refractivity contribution in [2.24, 2.45) is 5.92 Å². The van der Waals surface area contributed by atoms with Crippen molar-refractivity contribution in [2.45, 2.75) is 76.8 Å². The average molecular weight is 491 g/mol. The number of sulfonamides is 1. The van der Waals surface area contributed by atoms with Gasteiger partial charge in [0.25, 0.3) is 0 Å². The molecule has 0 spiro atoms. The minimum atomic E-state index is -3.58. The summed E-state index contributed by atoms with van der Waals surface area (Å²) in [6.07, 6.45) is 5.25. The number of benzene rings is 1. The number of hydrogen-bond acceptors (Lipinski definition) is 5. The standard InChI is InChI=1S/C25H38N4O4S/c1-4-5-12-28-23-9-8-21(34(31,32)27-13-15-33-16-14-27)17-22(23)26-24(28)10-11-25(30)29(18-19(2)3)20-6-7-20/h8-9,17,19-20H,4-7,10-16,18H2,1-3H3. The second-order valence-electron chi connectivity index (χ2n) is 9.87. The quantitative estimate of drug-likeness (QED) is 0.482. The van der Waals surface area contributed by atoms with Crippen molar-refractivity contribution in [3.63, 3.8) is 0 Å². The molecule has 1 saturated carbocycles. The summed E-state index contributed by atoms with van der Waals surface area (Å²) in [7, 11) is -3.58. The van der Waals surface area contributed by atoms with E-state index in [9.17, 15) is 13.2 Å². The number of carbonyl (C=O) groups excluding carboxylic acids is 1. The first-order chi connectivity index (χ1) is 16.3. The zero-order valence-corrected chi connectivity index (χ0v) is 21.5. The zero-order valence-electron chi connectivity index (χ0n) is 20.7. The Kier molecular flexibility index (Phi) is 7.94. The number of fused-ring (bicyclic) bond motifs is 1. The molecule has 1 aromatic heterocycles. The Balaban J connectivity index is 1.57. The molecule has 188 valence electrons. The maximum absolute atomic E-state index is 13.1. The third-order valence-corrected chi connectivity index (χ3v) is 8.47. The maximum atomic E-state index is 13.1. The number of carbonyl (C=O) groups is 1. The van der Waals surface area contributed by atoms with Crippen LogP contribution in [0.5, 0.6) is 0 Å². The second kappa shape index (κ2) is 10.7. The van der Waals surface area contributed by atoms with Crippen LogP contribution in [-0.4, -0.2) is 72.0 Å². The first-order valence-corrected chi connectivity index (χ1v) is 14.1. The fourth-order valence-corrected chi connectivity index (χ4v) is 6.04. The maximum Gasteiger partial charge on any atom is 0.243 e. The van der Waals surface area contributed by atoms with Crippen molar-refractivity contribution in [1.29, 1.82) is 0 Å². The molecular formula is C25H38N4O4S. The van der Waals surface area contributed by atoms with Gasteiger partial charge in [0.2, 0.25) is 15.9 Å². The van der Waals surface area contributed by atoms with Gasteiger partial charge in [0.05, 0.1) is 29.1 Å². The van der Waals surface area contributed by atoms with Crippen LogP contribution in [0.15, 0.2) is 23.1 Å². The fourth-order valence-electron chi connectivity index (χ4n) is 4.61. The monoisotopic (exact) mass is 490 g/mol. The van der Waals surface area contributed by atoms with Gasteiger partial charge in [-0.25, -0.2) is 13.4 Å². The highest BCUT2D eigenvalue weighted by Gasteiger charge is 2.33. The molecule has 1 aromatic carbocycles. The predicted molar refractivity (Wildman–Crippen MR) is 132 cm³/mol. The molecule has 8 nitrogen and oxygen atoms in total. The number of unbranched alkanes of at least 4 members (excludes halogenated alkanes) is 1. The van der Waals surface area contributed by atoms with E-state index in [2.05, 4.69) is 30.2 Å². The van der Waals surface area contributed by atoms with E-state index in [-0.39, 0.29) is 10.8 Å². The summed E-state index contributed by atoms with van der Waals surface area (Å²) >= 11 is 0. The van der Waals surface area contributed by atoms with Crippen molar-refractivity contribution in [3.8, 4) is 0 Å². The Morgan fingerprint density at radius 2 is 1.97 bits per heavy atom. The number of imidazole rings is 1. The number of morpholine rings is 1. The molecule has 0 radical (unpaired) electrons. The molecule has 2 aliphatic rings. The lowest BCUT2D eigenvalue weighted by molar-refractivity contribution is -0.132. The van der Waals surface area contributed by atoms with Crippen LogP contribution < -0.4 is 0 Å². The molecule has 1 aliphatic heterocycles. The largest absolute Gasteiger partial charge is 0.379 e. The van der Waals surface area contributed by atoms with Crippen LogP contribution in [0, 0.1) is 5.92 Å². The summed E-state index contributed by atoms with van der Waals surface area (Å²) < 4.78 is 35.2. The Morgan fingerprint density at radius 3 is 2.62 bits per heavy atom. The SMILES string of the molecule is CCCCn1c(CCC(=O)N(CC(C)C)C2CC2)nc2cc(S(=O)(=O)N3CCOCC3)ccc21. The Labute approximate surface area is 203 Å². The van der Waals surface area contributed by atoms with Crippen LogP contribution in [0.3, 0.4) is 0 Å². The average Bonchev–Trinajstić information content (AvgIpc) is 3.61. The van der Waals surface area contributed by atoms with E-state index in [1.165, 1.54) is 4.31 Å². The Hall–Kier alpha value is -1.97. The van der Waals surface area contributed by atoms with Crippen molar-refractivity contribution in [3.05, 3.63) is 24.0 Å². The summed E-state index contributed by atoms with van der Waals surface area (Å²) in [6.45, 7) is 9.63. The van der Waals surface area contributed by atoms with Crippen LogP contribution in [0.4, 0.5) is 0 Å². The Bertz CT molecular complexity index is 1100. The van der Waals surface area contributed by atoms with Crippen LogP contribution >= 0.6 is 0 Å². The number of aryl methyl sites for hydroxylation is 2. The predicted octanol–water partition coefficient (Wildman–Crippen LogP) is 3.44. The highest BCUT2D eigenvalue weighted by molar-refractivity contribution is 7.89. The van der Waals surface area contributed by atoms with Gasteiger partial charge in [0.15, 0.2) is 0 Å². The lowest BCUT2D eigenvalue weighted by Gasteiger charge is -2.26. The summed E-state index contributed by atoms with van der Waals surface area (Å²) in [5, 5.41) is 0. The van der Waals surface area contributed by atoms with Crippen molar-refractivity contribution < 1.29 is 17.9 Å². The van der Waals surface area contributed by atoms with Gasteiger partial charge in [-0.15, -0.1) is 0 Å². The van der Waals surface area contributed by atoms with Crippen LogP contribution in [0.1, 0.15) is 58.7 Å². The van der Waals surface area contributed by atoms with Gasteiger partial charge in [0, 0.05) is 45.1 Å². The number of rotatable bonds is 11. The van der Waals surface area contributed by atoms with Gasteiger partial charge in [0.1, 0.15) is 5.82 Å². The van der Waals surface area contributed by atoms with Gasteiger partial charge in [-0.1, -0.05) is 27.2 Å². The number of aromatic nitrogens is 2. The molecule has 1 amide bonds. The normalized spacial score (nSPS) is 17.5. The zero-order chi connectivity index (χ0) is 24.3. The molecule has 0 unspecified atom stereocenters. The van der Waals surface area contributed by atoms with Crippen LogP contribution in [0.25, 0.3) is 11.0 Å². The summed E-state index contributed by atoms with van der Waals surface area (Å²) in [6, 6.07) is 5.64. The van der Waals surface area contributed by atoms with E-state index in [4.69, 9.17) is 9.72 Å². The fraction of sp³-hybridized carbons (Fsp3) is 0.680. The third kappa shape index (κ3) is 5.63. The highest BCUT2D eigenvalue weighted by atomic mass is 32.2. The number of amides is 1. The van der Waals surface area contributed by atoms with E-state index in [1.807, 2.05) is 6.07 Å². The number of ether oxygens (including phenoxy) is 1. The minimum absolute atomic E-state index is 0.195. The second-order valence-corrected chi connectivity index (χ2v) is 11.8. The topological polar surface area (TPSA) is 84.7 Å². The van der Waals surface area contributed by atoms with Crippen molar-refractivity contribution in [1.82, 2.24) is 18.8 Å². The molecule has 2 heterocycles. The third-order valence-electron chi connectivity index (χ3n) is 6.57. The van der Waals surface area contributed by atoms with Crippen LogP contribution in [0.2, 0.25) is 0 Å². The van der Waals surface area contributed by atoms with Gasteiger partial charge < -0.3 is 14.2 Å². The number of hydrogen-bond donors (Lipinski definition) is 0. The van der Waals surface area contributed by atoms with Gasteiger partial charge in [-0.2, -0.15) is 4.31 Å². The van der Waals surface area contributed by atoms with Gasteiger partial charge in [-0.3, -0.25) is 4.79 Å². The van der Waals surface area contributed by atoms with E-state index in [0.717, 1.165) is 50.1 Å². The first kappa shape index (κ1) is 25.1. The number of nitrogens with zero attached hydrogens (tertiary/aromatic N) is 4. The van der Waals surface area contributed by atoms with E-state index in [0.29, 0.717) is 56.6 Å². The smallest absolute Gasteiger partial charge is 0.243 e. The molecule has 1 aliphatic carbocycles. The Morgan fingerprint density at radius 1 is 1.24 bits per heavy atom. The molecule has 34 heavy (non-hydrogen) atoms. The molecule has 0 bridgehead atoms. The molecule has 0 atom stereocenters. The van der Waals surface area contributed by atoms with Gasteiger partial charge >= 0.3 is 0 Å². The molecule has 9 heteroatoms. The van der Waals surface area contributed by atoms with E-state index < -0.39 is 10.0 Å². The summed E-state index contributed by atoms with van der Waals surface area (Å²) in [4.78, 5) is 20.2. The molecular weight excluding hydrogens is 452 g/mol. The molecule has 2 aromatic rings. The lowest BCUT2D eigenvalue weighted by Crippen LogP contribution is -2.40. The van der Waals surface area contributed by atoms with Crippen molar-refractivity contribution >= 4 is 27.0 Å². The van der Waals surface area contributed by atoms with Crippen LogP contribution in [-0.2, 0) is 32.5 Å².